The van der Waals surface area contributed by atoms with Gasteiger partial charge in [0.2, 0.25) is 0 Å². The number of thiazole rings is 1. The summed E-state index contributed by atoms with van der Waals surface area (Å²) in [6, 6.07) is 0. The Labute approximate surface area is 72.1 Å². The molecule has 0 saturated carbocycles. The molecule has 0 unspecified atom stereocenters. The lowest BCUT2D eigenvalue weighted by Gasteiger charge is -1.81. The third-order valence-corrected chi connectivity index (χ3v) is 2.33. The van der Waals surface area contributed by atoms with E-state index in [1.165, 1.54) is 0 Å². The van der Waals surface area contributed by atoms with Gasteiger partial charge in [0, 0.05) is 5.38 Å². The van der Waals surface area contributed by atoms with Gasteiger partial charge in [-0.15, -0.1) is 0 Å². The summed E-state index contributed by atoms with van der Waals surface area (Å²) < 4.78 is 1.88. The Bertz CT molecular complexity index is 389. The summed E-state index contributed by atoms with van der Waals surface area (Å²) in [4.78, 5) is 14.3. The number of imidazole rings is 1. The predicted molar refractivity (Wildman–Crippen MR) is 43.2 cm³/mol. The second kappa shape index (κ2) is 2.60. The SMILES string of the molecule is O=C(O)Cc1c[n+]2ccsc2[nH]1. The van der Waals surface area contributed by atoms with Crippen LogP contribution in [-0.2, 0) is 11.2 Å². The Hall–Kier alpha value is -1.36. The molecule has 0 amide bonds. The van der Waals surface area contributed by atoms with Gasteiger partial charge in [0.15, 0.2) is 5.69 Å². The molecule has 2 heterocycles. The van der Waals surface area contributed by atoms with Gasteiger partial charge in [-0.2, -0.15) is 4.40 Å². The summed E-state index contributed by atoms with van der Waals surface area (Å²) in [5, 5.41) is 10.4. The molecule has 5 heteroatoms. The molecule has 2 aromatic heterocycles. The van der Waals surface area contributed by atoms with Crippen LogP contribution >= 0.6 is 11.3 Å². The molecule has 12 heavy (non-hydrogen) atoms. The van der Waals surface area contributed by atoms with Crippen molar-refractivity contribution in [3.05, 3.63) is 23.5 Å². The van der Waals surface area contributed by atoms with Crippen molar-refractivity contribution >= 4 is 22.3 Å². The van der Waals surface area contributed by atoms with Gasteiger partial charge < -0.3 is 5.11 Å². The van der Waals surface area contributed by atoms with Crippen LogP contribution in [0.3, 0.4) is 0 Å². The van der Waals surface area contributed by atoms with Crippen molar-refractivity contribution in [3.63, 3.8) is 0 Å². The van der Waals surface area contributed by atoms with Crippen molar-refractivity contribution < 1.29 is 14.3 Å². The molecule has 0 radical (unpaired) electrons. The topological polar surface area (TPSA) is 57.2 Å². The number of aromatic nitrogens is 2. The minimum absolute atomic E-state index is 0.0500. The highest BCUT2D eigenvalue weighted by Crippen LogP contribution is 2.04. The van der Waals surface area contributed by atoms with Gasteiger partial charge in [-0.3, -0.25) is 4.79 Å². The molecule has 2 aromatic rings. The fourth-order valence-corrected chi connectivity index (χ4v) is 1.82. The summed E-state index contributed by atoms with van der Waals surface area (Å²) in [6.45, 7) is 0. The van der Waals surface area contributed by atoms with Crippen LogP contribution in [-0.4, -0.2) is 16.1 Å². The first-order chi connectivity index (χ1) is 5.75. The van der Waals surface area contributed by atoms with Crippen molar-refractivity contribution in [1.29, 1.82) is 0 Å². The zero-order valence-corrected chi connectivity index (χ0v) is 6.97. The number of nitrogens with one attached hydrogen (secondary N) is 1. The fourth-order valence-electron chi connectivity index (χ4n) is 1.07. The fraction of sp³-hybridized carbons (Fsp3) is 0.143. The van der Waals surface area contributed by atoms with E-state index in [1.54, 1.807) is 17.5 Å². The Morgan fingerprint density at radius 2 is 2.58 bits per heavy atom. The first-order valence-electron chi connectivity index (χ1n) is 3.44. The van der Waals surface area contributed by atoms with E-state index >= 15 is 0 Å². The number of nitrogens with zero attached hydrogens (tertiary/aromatic N) is 1. The molecule has 0 aliphatic heterocycles. The third kappa shape index (κ3) is 1.18. The van der Waals surface area contributed by atoms with E-state index in [9.17, 15) is 4.79 Å². The highest BCUT2D eigenvalue weighted by atomic mass is 32.1. The van der Waals surface area contributed by atoms with E-state index in [2.05, 4.69) is 4.98 Å². The smallest absolute Gasteiger partial charge is 0.343 e. The quantitative estimate of drug-likeness (QED) is 0.664. The first-order valence-corrected chi connectivity index (χ1v) is 4.32. The lowest BCUT2D eigenvalue weighted by Crippen LogP contribution is -2.12. The molecule has 0 saturated heterocycles. The molecule has 0 atom stereocenters. The van der Waals surface area contributed by atoms with Crippen molar-refractivity contribution in [2.24, 2.45) is 0 Å². The number of fused-ring (bicyclic) bond motifs is 1. The molecule has 0 fully saturated rings. The largest absolute Gasteiger partial charge is 0.481 e. The molecular weight excluding hydrogens is 176 g/mol. The van der Waals surface area contributed by atoms with E-state index < -0.39 is 5.97 Å². The number of H-pyrrole nitrogens is 1. The summed E-state index contributed by atoms with van der Waals surface area (Å²) in [5.41, 5.74) is 0.731. The maximum atomic E-state index is 10.3. The number of rotatable bonds is 2. The third-order valence-electron chi connectivity index (χ3n) is 1.54. The maximum Gasteiger partial charge on any atom is 0.343 e. The van der Waals surface area contributed by atoms with Crippen LogP contribution in [0.4, 0.5) is 0 Å². The van der Waals surface area contributed by atoms with Gasteiger partial charge in [0.25, 0.3) is 0 Å². The van der Waals surface area contributed by atoms with Crippen LogP contribution in [0.5, 0.6) is 0 Å². The van der Waals surface area contributed by atoms with Crippen LogP contribution in [0.15, 0.2) is 17.8 Å². The summed E-state index contributed by atoms with van der Waals surface area (Å²) in [7, 11) is 0. The van der Waals surface area contributed by atoms with Gasteiger partial charge in [0.05, 0.1) is 0 Å². The average molecular weight is 183 g/mol. The Morgan fingerprint density at radius 1 is 1.75 bits per heavy atom. The highest BCUT2D eigenvalue weighted by molar-refractivity contribution is 7.14. The van der Waals surface area contributed by atoms with Crippen LogP contribution in [0.2, 0.25) is 0 Å². The van der Waals surface area contributed by atoms with Gasteiger partial charge >= 0.3 is 10.9 Å². The summed E-state index contributed by atoms with van der Waals surface area (Å²) >= 11 is 1.55. The predicted octanol–water partition coefficient (Wildman–Crippen LogP) is 0.442. The minimum atomic E-state index is -0.815. The highest BCUT2D eigenvalue weighted by Gasteiger charge is 2.11. The lowest BCUT2D eigenvalue weighted by molar-refractivity contribution is -0.505. The average Bonchev–Trinajstić information content (AvgIpc) is 2.43. The molecule has 0 spiro atoms. The molecule has 0 bridgehead atoms. The van der Waals surface area contributed by atoms with Crippen molar-refractivity contribution in [3.8, 4) is 0 Å². The molecular formula is C7H7N2O2S+. The molecule has 0 aromatic carbocycles. The molecule has 2 rings (SSSR count). The number of carbonyl (C=O) groups is 1. The monoisotopic (exact) mass is 183 g/mol. The number of carboxylic acid groups (broad SMARTS) is 1. The van der Waals surface area contributed by atoms with E-state index in [1.807, 2.05) is 16.0 Å². The van der Waals surface area contributed by atoms with Crippen LogP contribution in [0, 0.1) is 0 Å². The van der Waals surface area contributed by atoms with Crippen molar-refractivity contribution in [2.75, 3.05) is 0 Å². The van der Waals surface area contributed by atoms with Gasteiger partial charge in [-0.25, -0.2) is 4.98 Å². The van der Waals surface area contributed by atoms with Gasteiger partial charge in [-0.1, -0.05) is 11.3 Å². The number of hydrogen-bond donors (Lipinski definition) is 2. The normalized spacial score (nSPS) is 10.7. The van der Waals surface area contributed by atoms with E-state index in [-0.39, 0.29) is 6.42 Å². The second-order valence-electron chi connectivity index (χ2n) is 2.47. The zero-order valence-electron chi connectivity index (χ0n) is 6.15. The van der Waals surface area contributed by atoms with Crippen LogP contribution < -0.4 is 4.40 Å². The lowest BCUT2D eigenvalue weighted by atomic mass is 10.3. The van der Waals surface area contributed by atoms with Gasteiger partial charge in [-0.05, 0) is 0 Å². The van der Waals surface area contributed by atoms with E-state index in [0.717, 1.165) is 10.7 Å². The number of carboxylic acids is 1. The number of aromatic amines is 1. The van der Waals surface area contributed by atoms with E-state index in [0.29, 0.717) is 0 Å². The molecule has 2 N–H and O–H groups in total. The second-order valence-corrected chi connectivity index (χ2v) is 3.36. The van der Waals surface area contributed by atoms with E-state index in [4.69, 9.17) is 5.11 Å². The standard InChI is InChI=1S/C7H6N2O2S/c10-6(11)3-5-4-9-1-2-12-7(9)8-5/h1-2,4H,3H2,(H,10,11)/p+1. The Morgan fingerprint density at radius 3 is 3.25 bits per heavy atom. The first kappa shape index (κ1) is 7.30. The van der Waals surface area contributed by atoms with Crippen LogP contribution in [0.1, 0.15) is 5.69 Å². The number of aliphatic carboxylic acids is 1. The van der Waals surface area contributed by atoms with Gasteiger partial charge in [0.1, 0.15) is 18.8 Å². The molecule has 0 aliphatic rings. The van der Waals surface area contributed by atoms with Crippen LogP contribution in [0.25, 0.3) is 4.96 Å². The molecule has 4 nitrogen and oxygen atoms in total. The number of hydrogen-bond acceptors (Lipinski definition) is 2. The maximum absolute atomic E-state index is 10.3. The minimum Gasteiger partial charge on any atom is -0.481 e. The molecule has 62 valence electrons. The summed E-state index contributed by atoms with van der Waals surface area (Å²) in [5.74, 6) is -0.815. The Kier molecular flexibility index (Phi) is 1.58. The molecule has 0 aliphatic carbocycles. The van der Waals surface area contributed by atoms with Crippen molar-refractivity contribution in [2.45, 2.75) is 6.42 Å². The summed E-state index contributed by atoms with van der Waals surface area (Å²) in [6.07, 6.45) is 3.73. The zero-order chi connectivity index (χ0) is 8.55. The Balaban J connectivity index is 2.38. The van der Waals surface area contributed by atoms with Crippen molar-refractivity contribution in [1.82, 2.24) is 4.98 Å².